The van der Waals surface area contributed by atoms with Crippen LogP contribution in [0.4, 0.5) is 0 Å². The van der Waals surface area contributed by atoms with Gasteiger partial charge in [0.1, 0.15) is 5.71 Å². The number of aliphatic imine (C=N–C) groups is 1. The van der Waals surface area contributed by atoms with E-state index in [4.69, 9.17) is 4.99 Å². The molecule has 1 aliphatic carbocycles. The molecule has 0 amide bonds. The molecule has 3 aromatic carbocycles. The molecule has 0 N–H and O–H groups in total. The number of aryl methyl sites for hydroxylation is 2. The fourth-order valence-electron chi connectivity index (χ4n) is 6.39. The largest absolute Gasteiger partial charge is 0.337 e. The maximum atomic E-state index is 5.07. The Morgan fingerprint density at radius 3 is 2.24 bits per heavy atom. The minimum atomic E-state index is 0.329. The number of nitrogens with zero attached hydrogens (tertiary/aromatic N) is 3. The summed E-state index contributed by atoms with van der Waals surface area (Å²) < 4.78 is 4.89. The van der Waals surface area contributed by atoms with E-state index >= 15 is 0 Å². The molecule has 3 unspecified atom stereocenters. The molecule has 4 aromatic rings. The Kier molecular flexibility index (Phi) is 4.76. The van der Waals surface area contributed by atoms with E-state index < -0.39 is 0 Å². The first-order valence-corrected chi connectivity index (χ1v) is 12.2. The molecule has 166 valence electrons. The monoisotopic (exact) mass is 434 g/mol. The summed E-state index contributed by atoms with van der Waals surface area (Å²) in [6, 6.07) is 23.2. The number of fused-ring (bicyclic) bond motifs is 4. The summed E-state index contributed by atoms with van der Waals surface area (Å²) in [6.07, 6.45) is 5.51. The van der Waals surface area contributed by atoms with Gasteiger partial charge in [-0.2, -0.15) is 0 Å². The number of aromatic nitrogens is 1. The van der Waals surface area contributed by atoms with Gasteiger partial charge in [-0.25, -0.2) is 4.58 Å². The highest BCUT2D eigenvalue weighted by molar-refractivity contribution is 6.08. The van der Waals surface area contributed by atoms with Gasteiger partial charge in [-0.1, -0.05) is 53.0 Å². The molecule has 0 bridgehead atoms. The second kappa shape index (κ2) is 7.69. The third-order valence-electron chi connectivity index (χ3n) is 8.02. The summed E-state index contributed by atoms with van der Waals surface area (Å²) >= 11 is 0. The van der Waals surface area contributed by atoms with E-state index in [1.807, 2.05) is 0 Å². The average molecular weight is 435 g/mol. The van der Waals surface area contributed by atoms with E-state index in [-0.39, 0.29) is 0 Å². The molecule has 3 atom stereocenters. The zero-order valence-corrected chi connectivity index (χ0v) is 20.0. The fraction of sp³-hybridized carbons (Fsp3) is 0.333. The second-order valence-electron chi connectivity index (χ2n) is 10.1. The van der Waals surface area contributed by atoms with Crippen molar-refractivity contribution in [2.24, 2.45) is 10.9 Å². The zero-order valence-electron chi connectivity index (χ0n) is 20.0. The van der Waals surface area contributed by atoms with Crippen molar-refractivity contribution in [3.63, 3.8) is 0 Å². The van der Waals surface area contributed by atoms with Crippen molar-refractivity contribution in [1.29, 1.82) is 0 Å². The Labute approximate surface area is 196 Å². The summed E-state index contributed by atoms with van der Waals surface area (Å²) in [5, 5.41) is 2.72. The van der Waals surface area contributed by atoms with Crippen LogP contribution < -0.4 is 0 Å². The van der Waals surface area contributed by atoms with E-state index in [2.05, 4.69) is 104 Å². The van der Waals surface area contributed by atoms with Crippen LogP contribution in [-0.2, 0) is 0 Å². The summed E-state index contributed by atoms with van der Waals surface area (Å²) in [6.45, 7) is 6.72. The predicted octanol–water partition coefficient (Wildman–Crippen LogP) is 6.60. The molecule has 6 rings (SSSR count). The van der Waals surface area contributed by atoms with Crippen LogP contribution in [0.1, 0.15) is 47.6 Å². The lowest BCUT2D eigenvalue weighted by atomic mass is 9.75. The molecular formula is C30H32N3+. The van der Waals surface area contributed by atoms with E-state index in [0.29, 0.717) is 18.0 Å². The molecule has 2 aliphatic rings. The number of hydrogen-bond donors (Lipinski definition) is 0. The van der Waals surface area contributed by atoms with Gasteiger partial charge in [0, 0.05) is 39.8 Å². The van der Waals surface area contributed by atoms with Crippen LogP contribution in [0.3, 0.4) is 0 Å². The summed E-state index contributed by atoms with van der Waals surface area (Å²) in [4.78, 5) is 5.07. The highest BCUT2D eigenvalue weighted by atomic mass is 15.1. The normalized spacial score (nSPS) is 22.8. The van der Waals surface area contributed by atoms with Crippen LogP contribution in [0.5, 0.6) is 0 Å². The SMILES string of the molecule is Cc1cc(C)c(C)c(C2=[N+](C)C=NC3CC(n4c5ccccc5c5ccccc54)CCC23)c1. The standard InChI is InChI=1S/C30H32N3/c1-19-15-20(2)21(3)26(16-19)30-25-14-13-22(17-27(25)31-18-32(30)4)33-28-11-7-5-9-23(28)24-10-6-8-12-29(24)33/h5-12,15-16,18,22,25,27H,13-14,17H2,1-4H3/q+1. The Hall–Kier alpha value is -3.20. The molecule has 0 radical (unpaired) electrons. The van der Waals surface area contributed by atoms with Crippen LogP contribution >= 0.6 is 0 Å². The highest BCUT2D eigenvalue weighted by Crippen LogP contribution is 2.42. The lowest BCUT2D eigenvalue weighted by Gasteiger charge is -2.35. The van der Waals surface area contributed by atoms with Gasteiger partial charge < -0.3 is 4.57 Å². The lowest BCUT2D eigenvalue weighted by molar-refractivity contribution is -0.366. The molecule has 3 nitrogen and oxygen atoms in total. The van der Waals surface area contributed by atoms with Crippen molar-refractivity contribution in [3.8, 4) is 0 Å². The Balaban J connectivity index is 1.41. The number of para-hydroxylation sites is 2. The predicted molar refractivity (Wildman–Crippen MR) is 139 cm³/mol. The second-order valence-corrected chi connectivity index (χ2v) is 10.1. The summed E-state index contributed by atoms with van der Waals surface area (Å²) in [5.41, 5.74) is 9.70. The Morgan fingerprint density at radius 2 is 1.55 bits per heavy atom. The maximum Gasteiger partial charge on any atom is 0.280 e. The van der Waals surface area contributed by atoms with Crippen LogP contribution in [0.25, 0.3) is 21.8 Å². The maximum absolute atomic E-state index is 5.07. The third-order valence-corrected chi connectivity index (χ3v) is 8.02. The fourth-order valence-corrected chi connectivity index (χ4v) is 6.39. The molecule has 0 spiro atoms. The van der Waals surface area contributed by atoms with Crippen molar-refractivity contribution in [2.75, 3.05) is 7.05 Å². The molecule has 1 aromatic heterocycles. The molecule has 1 aliphatic heterocycles. The van der Waals surface area contributed by atoms with Crippen molar-refractivity contribution in [3.05, 3.63) is 82.9 Å². The number of hydrogen-bond acceptors (Lipinski definition) is 1. The molecule has 33 heavy (non-hydrogen) atoms. The van der Waals surface area contributed by atoms with Crippen molar-refractivity contribution in [1.82, 2.24) is 4.57 Å². The first-order chi connectivity index (χ1) is 16.0. The van der Waals surface area contributed by atoms with Crippen molar-refractivity contribution < 1.29 is 4.58 Å². The summed E-state index contributed by atoms with van der Waals surface area (Å²) in [5.74, 6) is 0.476. The molecule has 2 heterocycles. The minimum Gasteiger partial charge on any atom is -0.337 e. The minimum absolute atomic E-state index is 0.329. The first kappa shape index (κ1) is 20.4. The smallest absolute Gasteiger partial charge is 0.280 e. The van der Waals surface area contributed by atoms with Crippen LogP contribution in [-0.4, -0.2) is 34.3 Å². The van der Waals surface area contributed by atoms with Gasteiger partial charge in [0.05, 0.1) is 13.0 Å². The van der Waals surface area contributed by atoms with Crippen LogP contribution in [0, 0.1) is 26.7 Å². The molecule has 1 saturated carbocycles. The zero-order chi connectivity index (χ0) is 22.7. The lowest BCUT2D eigenvalue weighted by Crippen LogP contribution is -2.42. The van der Waals surface area contributed by atoms with Gasteiger partial charge >= 0.3 is 0 Å². The van der Waals surface area contributed by atoms with Crippen molar-refractivity contribution >= 4 is 33.9 Å². The van der Waals surface area contributed by atoms with Crippen LogP contribution in [0.15, 0.2) is 65.7 Å². The molecular weight excluding hydrogens is 402 g/mol. The first-order valence-electron chi connectivity index (χ1n) is 12.2. The van der Waals surface area contributed by atoms with Gasteiger partial charge in [0.25, 0.3) is 6.34 Å². The van der Waals surface area contributed by atoms with E-state index in [1.165, 1.54) is 62.6 Å². The van der Waals surface area contributed by atoms with Gasteiger partial charge in [0.15, 0.2) is 6.04 Å². The van der Waals surface area contributed by atoms with E-state index in [0.717, 1.165) is 6.42 Å². The van der Waals surface area contributed by atoms with Gasteiger partial charge in [0.2, 0.25) is 0 Å². The molecule has 1 fully saturated rings. The average Bonchev–Trinajstić information content (AvgIpc) is 3.16. The Morgan fingerprint density at radius 1 is 0.879 bits per heavy atom. The number of benzene rings is 3. The summed E-state index contributed by atoms with van der Waals surface area (Å²) in [7, 11) is 2.17. The van der Waals surface area contributed by atoms with Crippen LogP contribution in [0.2, 0.25) is 0 Å². The quantitative estimate of drug-likeness (QED) is 0.317. The Bertz CT molecular complexity index is 1400. The van der Waals surface area contributed by atoms with E-state index in [9.17, 15) is 0 Å². The van der Waals surface area contributed by atoms with E-state index in [1.54, 1.807) is 0 Å². The molecule has 3 heteroatoms. The van der Waals surface area contributed by atoms with Gasteiger partial charge in [-0.3, -0.25) is 0 Å². The number of rotatable bonds is 2. The van der Waals surface area contributed by atoms with Gasteiger partial charge in [-0.05, 0) is 62.9 Å². The topological polar surface area (TPSA) is 20.3 Å². The highest BCUT2D eigenvalue weighted by Gasteiger charge is 2.42. The molecule has 0 saturated heterocycles. The third kappa shape index (κ3) is 3.17. The van der Waals surface area contributed by atoms with Crippen molar-refractivity contribution in [2.45, 2.75) is 52.1 Å². The van der Waals surface area contributed by atoms with Gasteiger partial charge in [-0.15, -0.1) is 0 Å².